The minimum Gasteiger partial charge on any atom is -0.444 e. The highest BCUT2D eigenvalue weighted by Crippen LogP contribution is 2.25. The van der Waals surface area contributed by atoms with Gasteiger partial charge in [0.1, 0.15) is 5.60 Å². The summed E-state index contributed by atoms with van der Waals surface area (Å²) in [5, 5.41) is 9.25. The first-order valence-corrected chi connectivity index (χ1v) is 6.35. The van der Waals surface area contributed by atoms with E-state index in [0.29, 0.717) is 19.6 Å². The average molecular weight is 254 g/mol. The number of ether oxygens (including phenoxy) is 2. The molecule has 0 radical (unpaired) electrons. The fourth-order valence-electron chi connectivity index (χ4n) is 2.02. The maximum Gasteiger partial charge on any atom is 0.410 e. The third-order valence-electron chi connectivity index (χ3n) is 2.73. The van der Waals surface area contributed by atoms with E-state index >= 15 is 0 Å². The van der Waals surface area contributed by atoms with E-state index < -0.39 is 11.2 Å². The van der Waals surface area contributed by atoms with Crippen LogP contribution < -0.4 is 0 Å². The van der Waals surface area contributed by atoms with Gasteiger partial charge in [0, 0.05) is 13.2 Å². The van der Waals surface area contributed by atoms with Gasteiger partial charge in [0.05, 0.1) is 12.6 Å². The Morgan fingerprint density at radius 2 is 2.17 bits per heavy atom. The molecule has 1 unspecified atom stereocenters. The summed E-state index contributed by atoms with van der Waals surface area (Å²) in [6.45, 7) is 8.71. The van der Waals surface area contributed by atoms with Crippen molar-refractivity contribution in [3.8, 4) is 6.07 Å². The maximum absolute atomic E-state index is 12.0. The highest BCUT2D eigenvalue weighted by atomic mass is 16.6. The number of hydrogen-bond acceptors (Lipinski definition) is 4. The van der Waals surface area contributed by atoms with Crippen LogP contribution in [0.4, 0.5) is 4.79 Å². The highest BCUT2D eigenvalue weighted by molar-refractivity contribution is 5.68. The summed E-state index contributed by atoms with van der Waals surface area (Å²) >= 11 is 0. The van der Waals surface area contributed by atoms with Crippen LogP contribution in [0, 0.1) is 11.3 Å². The van der Waals surface area contributed by atoms with Gasteiger partial charge in [-0.3, -0.25) is 0 Å². The zero-order chi connectivity index (χ0) is 13.8. The number of amides is 1. The van der Waals surface area contributed by atoms with E-state index in [4.69, 9.17) is 9.47 Å². The van der Waals surface area contributed by atoms with E-state index in [-0.39, 0.29) is 12.6 Å². The molecule has 1 rings (SSSR count). The smallest absolute Gasteiger partial charge is 0.410 e. The zero-order valence-electron chi connectivity index (χ0n) is 11.7. The maximum atomic E-state index is 12.0. The SMILES string of the molecule is CCOC1(C#N)CCCN(C(=O)OC(C)(C)C)C1. The summed E-state index contributed by atoms with van der Waals surface area (Å²) in [5.41, 5.74) is -1.39. The third-order valence-corrected chi connectivity index (χ3v) is 2.73. The molecular formula is C13H22N2O3. The Hall–Kier alpha value is -1.28. The van der Waals surface area contributed by atoms with Crippen LogP contribution in [0.3, 0.4) is 0 Å². The van der Waals surface area contributed by atoms with Crippen LogP contribution in [0.2, 0.25) is 0 Å². The van der Waals surface area contributed by atoms with E-state index in [2.05, 4.69) is 6.07 Å². The second kappa shape index (κ2) is 5.57. The van der Waals surface area contributed by atoms with Gasteiger partial charge in [-0.05, 0) is 40.5 Å². The molecule has 5 heteroatoms. The summed E-state index contributed by atoms with van der Waals surface area (Å²) in [7, 11) is 0. The minimum absolute atomic E-state index is 0.284. The van der Waals surface area contributed by atoms with Gasteiger partial charge in [-0.25, -0.2) is 4.79 Å². The Labute approximate surface area is 109 Å². The molecule has 0 aromatic rings. The molecular weight excluding hydrogens is 232 g/mol. The number of nitrogens with zero attached hydrogens (tertiary/aromatic N) is 2. The monoisotopic (exact) mass is 254 g/mol. The average Bonchev–Trinajstić information content (AvgIpc) is 2.27. The van der Waals surface area contributed by atoms with Crippen LogP contribution >= 0.6 is 0 Å². The van der Waals surface area contributed by atoms with Crippen LogP contribution in [-0.2, 0) is 9.47 Å². The van der Waals surface area contributed by atoms with Gasteiger partial charge in [-0.15, -0.1) is 0 Å². The van der Waals surface area contributed by atoms with Crippen molar-refractivity contribution in [2.75, 3.05) is 19.7 Å². The number of carbonyl (C=O) groups excluding carboxylic acids is 1. The second-order valence-corrected chi connectivity index (χ2v) is 5.54. The second-order valence-electron chi connectivity index (χ2n) is 5.54. The standard InChI is InChI=1S/C13H22N2O3/c1-5-17-13(9-14)7-6-8-15(10-13)11(16)18-12(2,3)4/h5-8,10H2,1-4H3. The topological polar surface area (TPSA) is 62.6 Å². The summed E-state index contributed by atoms with van der Waals surface area (Å²) in [6.07, 6.45) is 1.05. The number of carbonyl (C=O) groups is 1. The van der Waals surface area contributed by atoms with Crippen LogP contribution in [0.1, 0.15) is 40.5 Å². The molecule has 0 saturated carbocycles. The first kappa shape index (κ1) is 14.8. The van der Waals surface area contributed by atoms with E-state index in [9.17, 15) is 10.1 Å². The largest absolute Gasteiger partial charge is 0.444 e. The Bertz CT molecular complexity index is 339. The molecule has 1 atom stereocenters. The van der Waals surface area contributed by atoms with Crippen LogP contribution in [0.15, 0.2) is 0 Å². The number of likely N-dealkylation sites (tertiary alicyclic amines) is 1. The van der Waals surface area contributed by atoms with Crippen LogP contribution in [0.25, 0.3) is 0 Å². The van der Waals surface area contributed by atoms with Gasteiger partial charge in [0.2, 0.25) is 0 Å². The fourth-order valence-corrected chi connectivity index (χ4v) is 2.02. The van der Waals surface area contributed by atoms with Gasteiger partial charge in [0.25, 0.3) is 0 Å². The van der Waals surface area contributed by atoms with Gasteiger partial charge in [-0.1, -0.05) is 0 Å². The normalized spacial score (nSPS) is 24.5. The zero-order valence-corrected chi connectivity index (χ0v) is 11.7. The minimum atomic E-state index is -0.871. The summed E-state index contributed by atoms with van der Waals surface area (Å²) in [4.78, 5) is 13.5. The third kappa shape index (κ3) is 3.88. The molecule has 0 aliphatic carbocycles. The van der Waals surface area contributed by atoms with Crippen molar-refractivity contribution in [1.82, 2.24) is 4.90 Å². The summed E-state index contributed by atoms with van der Waals surface area (Å²) < 4.78 is 10.8. The highest BCUT2D eigenvalue weighted by Gasteiger charge is 2.39. The fraction of sp³-hybridized carbons (Fsp3) is 0.846. The van der Waals surface area contributed by atoms with Gasteiger partial charge in [0.15, 0.2) is 5.60 Å². The van der Waals surface area contributed by atoms with E-state index in [1.54, 1.807) is 4.90 Å². The van der Waals surface area contributed by atoms with Gasteiger partial charge >= 0.3 is 6.09 Å². The number of nitriles is 1. The van der Waals surface area contributed by atoms with Crippen molar-refractivity contribution in [2.45, 2.75) is 51.7 Å². The predicted molar refractivity (Wildman–Crippen MR) is 67.0 cm³/mol. The lowest BCUT2D eigenvalue weighted by Crippen LogP contribution is -2.52. The number of piperidine rings is 1. The Balaban J connectivity index is 2.69. The lowest BCUT2D eigenvalue weighted by Gasteiger charge is -2.38. The lowest BCUT2D eigenvalue weighted by atomic mass is 9.94. The molecule has 0 aromatic carbocycles. The summed E-state index contributed by atoms with van der Waals surface area (Å²) in [5.74, 6) is 0. The van der Waals surface area contributed by atoms with Crippen molar-refractivity contribution in [1.29, 1.82) is 5.26 Å². The number of rotatable bonds is 2. The molecule has 18 heavy (non-hydrogen) atoms. The van der Waals surface area contributed by atoms with Gasteiger partial charge in [-0.2, -0.15) is 5.26 Å². The first-order chi connectivity index (χ1) is 8.32. The predicted octanol–water partition coefficient (Wildman–Crippen LogP) is 2.32. The lowest BCUT2D eigenvalue weighted by molar-refractivity contribution is -0.0529. The molecule has 1 aliphatic heterocycles. The Morgan fingerprint density at radius 3 is 2.67 bits per heavy atom. The Kier molecular flexibility index (Phi) is 4.58. The van der Waals surface area contributed by atoms with Crippen LogP contribution in [0.5, 0.6) is 0 Å². The van der Waals surface area contributed by atoms with Crippen molar-refractivity contribution in [2.24, 2.45) is 0 Å². The molecule has 1 saturated heterocycles. The van der Waals surface area contributed by atoms with Crippen molar-refractivity contribution in [3.05, 3.63) is 0 Å². The van der Waals surface area contributed by atoms with E-state index in [1.807, 2.05) is 27.7 Å². The molecule has 1 heterocycles. The molecule has 1 amide bonds. The van der Waals surface area contributed by atoms with Crippen molar-refractivity contribution >= 4 is 6.09 Å². The van der Waals surface area contributed by atoms with E-state index in [0.717, 1.165) is 6.42 Å². The molecule has 102 valence electrons. The quantitative estimate of drug-likeness (QED) is 0.758. The molecule has 0 spiro atoms. The molecule has 0 bridgehead atoms. The van der Waals surface area contributed by atoms with Gasteiger partial charge < -0.3 is 14.4 Å². The molecule has 5 nitrogen and oxygen atoms in total. The van der Waals surface area contributed by atoms with Crippen molar-refractivity contribution in [3.63, 3.8) is 0 Å². The molecule has 1 fully saturated rings. The summed E-state index contributed by atoms with van der Waals surface area (Å²) in [6, 6.07) is 2.19. The molecule has 0 N–H and O–H groups in total. The van der Waals surface area contributed by atoms with Crippen molar-refractivity contribution < 1.29 is 14.3 Å². The van der Waals surface area contributed by atoms with E-state index in [1.165, 1.54) is 0 Å². The van der Waals surface area contributed by atoms with Crippen LogP contribution in [-0.4, -0.2) is 41.9 Å². The first-order valence-electron chi connectivity index (χ1n) is 6.35. The number of hydrogen-bond donors (Lipinski definition) is 0. The molecule has 0 aromatic heterocycles. The Morgan fingerprint density at radius 1 is 1.50 bits per heavy atom. The molecule has 1 aliphatic rings.